The Bertz CT molecular complexity index is 712. The van der Waals surface area contributed by atoms with Gasteiger partial charge in [-0.05, 0) is 22.4 Å². The molecule has 3 rings (SSSR count). The maximum Gasteiger partial charge on any atom is 0.281 e. The molecule has 0 saturated heterocycles. The van der Waals surface area contributed by atoms with Crippen molar-refractivity contribution in [3.63, 3.8) is 0 Å². The molecule has 0 fully saturated rings. The molecule has 0 unspecified atom stereocenters. The van der Waals surface area contributed by atoms with E-state index in [-0.39, 0.29) is 11.5 Å². The zero-order valence-corrected chi connectivity index (χ0v) is 9.57. The van der Waals surface area contributed by atoms with Gasteiger partial charge in [0.25, 0.3) is 5.56 Å². The molecule has 0 aliphatic carbocycles. The van der Waals surface area contributed by atoms with E-state index in [4.69, 9.17) is 5.73 Å². The summed E-state index contributed by atoms with van der Waals surface area (Å²) in [6.45, 7) is 0.427. The standard InChI is InChI=1S/C10H9N5OS/c11-10-14-8-7(12-5-13-8)9(16)15(10)3-6-1-2-17-4-6/h1-2,4-5H,3H2,(H2,11,14)(H,12,13). The third-order valence-electron chi connectivity index (χ3n) is 2.50. The zero-order valence-electron chi connectivity index (χ0n) is 8.75. The molecule has 0 amide bonds. The first-order valence-corrected chi connectivity index (χ1v) is 5.90. The number of nitrogens with zero attached hydrogens (tertiary/aromatic N) is 3. The normalized spacial score (nSPS) is 11.1. The van der Waals surface area contributed by atoms with Crippen LogP contribution in [0.4, 0.5) is 5.95 Å². The fraction of sp³-hybridized carbons (Fsp3) is 0.100. The average Bonchev–Trinajstić information content (AvgIpc) is 2.94. The Morgan fingerprint density at radius 2 is 2.41 bits per heavy atom. The minimum absolute atomic E-state index is 0.181. The van der Waals surface area contributed by atoms with Crippen molar-refractivity contribution in [2.75, 3.05) is 5.73 Å². The van der Waals surface area contributed by atoms with E-state index in [1.165, 1.54) is 10.9 Å². The highest BCUT2D eigenvalue weighted by Crippen LogP contribution is 2.10. The van der Waals surface area contributed by atoms with Gasteiger partial charge in [-0.2, -0.15) is 16.3 Å². The number of fused-ring (bicyclic) bond motifs is 1. The number of hydrogen-bond donors (Lipinski definition) is 2. The first-order chi connectivity index (χ1) is 8.25. The summed E-state index contributed by atoms with van der Waals surface area (Å²) in [5, 5.41) is 3.93. The van der Waals surface area contributed by atoms with Gasteiger partial charge >= 0.3 is 0 Å². The van der Waals surface area contributed by atoms with Crippen molar-refractivity contribution in [3.8, 4) is 0 Å². The number of H-pyrrole nitrogens is 1. The van der Waals surface area contributed by atoms with Crippen LogP contribution in [0.25, 0.3) is 11.2 Å². The fourth-order valence-electron chi connectivity index (χ4n) is 1.66. The summed E-state index contributed by atoms with van der Waals surface area (Å²) in [7, 11) is 0. The lowest BCUT2D eigenvalue weighted by Gasteiger charge is -2.06. The summed E-state index contributed by atoms with van der Waals surface area (Å²) in [4.78, 5) is 22.9. The van der Waals surface area contributed by atoms with E-state index in [9.17, 15) is 4.79 Å². The van der Waals surface area contributed by atoms with Crippen LogP contribution in [-0.2, 0) is 6.54 Å². The number of rotatable bonds is 2. The summed E-state index contributed by atoms with van der Waals surface area (Å²) in [5.74, 6) is 0.181. The van der Waals surface area contributed by atoms with Gasteiger partial charge in [0, 0.05) is 0 Å². The Morgan fingerprint density at radius 3 is 3.18 bits per heavy atom. The summed E-state index contributed by atoms with van der Waals surface area (Å²) < 4.78 is 1.43. The van der Waals surface area contributed by atoms with Gasteiger partial charge in [-0.15, -0.1) is 0 Å². The molecule has 0 aliphatic rings. The quantitative estimate of drug-likeness (QED) is 0.701. The second-order valence-corrected chi connectivity index (χ2v) is 4.37. The summed E-state index contributed by atoms with van der Waals surface area (Å²) >= 11 is 1.58. The molecule has 0 radical (unpaired) electrons. The van der Waals surface area contributed by atoms with Crippen molar-refractivity contribution in [2.45, 2.75) is 6.54 Å². The molecule has 0 aliphatic heterocycles. The molecule has 17 heavy (non-hydrogen) atoms. The van der Waals surface area contributed by atoms with Crippen molar-refractivity contribution >= 4 is 28.4 Å². The SMILES string of the molecule is Nc1nc2nc[nH]c2c(=O)n1Cc1ccsc1. The highest BCUT2D eigenvalue weighted by molar-refractivity contribution is 7.07. The third-order valence-corrected chi connectivity index (χ3v) is 3.23. The highest BCUT2D eigenvalue weighted by atomic mass is 32.1. The minimum atomic E-state index is -0.198. The summed E-state index contributed by atoms with van der Waals surface area (Å²) in [6, 6.07) is 1.95. The van der Waals surface area contributed by atoms with Crippen LogP contribution in [0.5, 0.6) is 0 Å². The summed E-state index contributed by atoms with van der Waals surface area (Å²) in [5.41, 5.74) is 7.34. The highest BCUT2D eigenvalue weighted by Gasteiger charge is 2.10. The molecule has 0 atom stereocenters. The van der Waals surface area contributed by atoms with Gasteiger partial charge in [0.05, 0.1) is 12.9 Å². The minimum Gasteiger partial charge on any atom is -0.369 e. The second kappa shape index (κ2) is 3.70. The number of aromatic amines is 1. The molecule has 7 heteroatoms. The van der Waals surface area contributed by atoms with Crippen LogP contribution in [-0.4, -0.2) is 19.5 Å². The number of nitrogens with one attached hydrogen (secondary N) is 1. The fourth-order valence-corrected chi connectivity index (χ4v) is 2.31. The van der Waals surface area contributed by atoms with Gasteiger partial charge in [0.1, 0.15) is 0 Å². The Hall–Kier alpha value is -2.15. The smallest absolute Gasteiger partial charge is 0.281 e. The number of anilines is 1. The molecule has 3 heterocycles. The van der Waals surface area contributed by atoms with E-state index in [0.29, 0.717) is 17.7 Å². The number of nitrogens with two attached hydrogens (primary N) is 1. The van der Waals surface area contributed by atoms with Crippen molar-refractivity contribution < 1.29 is 0 Å². The second-order valence-electron chi connectivity index (χ2n) is 3.59. The lowest BCUT2D eigenvalue weighted by Crippen LogP contribution is -2.25. The Kier molecular flexibility index (Phi) is 2.19. The first kappa shape index (κ1) is 10.0. The predicted octanol–water partition coefficient (Wildman–Crippen LogP) is 0.812. The van der Waals surface area contributed by atoms with Crippen LogP contribution >= 0.6 is 11.3 Å². The zero-order chi connectivity index (χ0) is 11.8. The van der Waals surface area contributed by atoms with E-state index in [1.54, 1.807) is 11.3 Å². The third kappa shape index (κ3) is 1.60. The number of thiophene rings is 1. The van der Waals surface area contributed by atoms with Crippen molar-refractivity contribution in [1.82, 2.24) is 19.5 Å². The summed E-state index contributed by atoms with van der Waals surface area (Å²) in [6.07, 6.45) is 1.44. The molecular weight excluding hydrogens is 238 g/mol. The van der Waals surface area contributed by atoms with Gasteiger partial charge in [-0.1, -0.05) is 0 Å². The largest absolute Gasteiger partial charge is 0.369 e. The monoisotopic (exact) mass is 247 g/mol. The van der Waals surface area contributed by atoms with Crippen LogP contribution < -0.4 is 11.3 Å². The average molecular weight is 247 g/mol. The molecule has 86 valence electrons. The first-order valence-electron chi connectivity index (χ1n) is 4.96. The molecule has 0 saturated carbocycles. The van der Waals surface area contributed by atoms with Crippen LogP contribution in [0, 0.1) is 0 Å². The van der Waals surface area contributed by atoms with Gasteiger partial charge in [-0.25, -0.2) is 4.98 Å². The maximum atomic E-state index is 12.1. The molecule has 0 bridgehead atoms. The molecular formula is C10H9N5OS. The van der Waals surface area contributed by atoms with Crippen molar-refractivity contribution in [3.05, 3.63) is 39.1 Å². The molecule has 0 spiro atoms. The van der Waals surface area contributed by atoms with Gasteiger partial charge in [-0.3, -0.25) is 9.36 Å². The van der Waals surface area contributed by atoms with Gasteiger partial charge < -0.3 is 10.7 Å². The van der Waals surface area contributed by atoms with E-state index in [2.05, 4.69) is 15.0 Å². The number of hydrogen-bond acceptors (Lipinski definition) is 5. The Morgan fingerprint density at radius 1 is 1.53 bits per heavy atom. The van der Waals surface area contributed by atoms with Crippen molar-refractivity contribution in [2.24, 2.45) is 0 Å². The van der Waals surface area contributed by atoms with Gasteiger partial charge in [0.15, 0.2) is 11.2 Å². The maximum absolute atomic E-state index is 12.1. The molecule has 6 nitrogen and oxygen atoms in total. The van der Waals surface area contributed by atoms with E-state index in [0.717, 1.165) is 5.56 Å². The predicted molar refractivity (Wildman–Crippen MR) is 66.0 cm³/mol. The van der Waals surface area contributed by atoms with Crippen molar-refractivity contribution in [1.29, 1.82) is 0 Å². The molecule has 3 aromatic heterocycles. The van der Waals surface area contributed by atoms with Gasteiger partial charge in [0.2, 0.25) is 5.95 Å². The van der Waals surface area contributed by atoms with E-state index >= 15 is 0 Å². The Labute approximate surface area is 99.8 Å². The lowest BCUT2D eigenvalue weighted by molar-refractivity contribution is 0.764. The lowest BCUT2D eigenvalue weighted by atomic mass is 10.3. The number of nitrogen functional groups attached to an aromatic ring is 1. The number of aromatic nitrogens is 4. The van der Waals surface area contributed by atoms with E-state index in [1.807, 2.05) is 16.8 Å². The Balaban J connectivity index is 2.18. The topological polar surface area (TPSA) is 89.6 Å². The molecule has 0 aromatic carbocycles. The van der Waals surface area contributed by atoms with Crippen LogP contribution in [0.3, 0.4) is 0 Å². The molecule has 3 aromatic rings. The van der Waals surface area contributed by atoms with Crippen LogP contribution in [0.15, 0.2) is 27.9 Å². The molecule has 3 N–H and O–H groups in total. The van der Waals surface area contributed by atoms with Crippen LogP contribution in [0.1, 0.15) is 5.56 Å². The number of imidazole rings is 1. The van der Waals surface area contributed by atoms with E-state index < -0.39 is 0 Å². The van der Waals surface area contributed by atoms with Crippen LogP contribution in [0.2, 0.25) is 0 Å².